The van der Waals surface area contributed by atoms with Crippen molar-refractivity contribution >= 4 is 37.4 Å². The Morgan fingerprint density at radius 3 is 1.38 bits per heavy atom. The van der Waals surface area contributed by atoms with Gasteiger partial charge in [0, 0.05) is 25.9 Å². The number of aldehydes is 2. The zero-order valence-electron chi connectivity index (χ0n) is 9.44. The van der Waals surface area contributed by atoms with Gasteiger partial charge in [-0.1, -0.05) is 0 Å². The summed E-state index contributed by atoms with van der Waals surface area (Å²) in [6.07, 6.45) is 5.25. The van der Waals surface area contributed by atoms with E-state index in [0.717, 1.165) is 51.6 Å². The van der Waals surface area contributed by atoms with E-state index in [1.54, 1.807) is 0 Å². The fourth-order valence-electron chi connectivity index (χ4n) is 1.07. The summed E-state index contributed by atoms with van der Waals surface area (Å²) in [5.41, 5.74) is 0. The number of carbonyl (C=O) groups is 2. The zero-order chi connectivity index (χ0) is 10.5. The van der Waals surface area contributed by atoms with Crippen molar-refractivity contribution in [1.82, 2.24) is 10.6 Å². The van der Waals surface area contributed by atoms with Crippen molar-refractivity contribution in [3.8, 4) is 0 Å². The van der Waals surface area contributed by atoms with Gasteiger partial charge in [-0.2, -0.15) is 0 Å². The minimum absolute atomic E-state index is 0. The molecule has 0 radical (unpaired) electrons. The average molecular weight is 273 g/mol. The number of halogens is 2. The molecule has 0 aromatic carbocycles. The molecule has 16 heavy (non-hydrogen) atoms. The summed E-state index contributed by atoms with van der Waals surface area (Å²) >= 11 is 0. The molecule has 4 nitrogen and oxygen atoms in total. The van der Waals surface area contributed by atoms with Crippen molar-refractivity contribution < 1.29 is 9.59 Å². The topological polar surface area (TPSA) is 58.2 Å². The number of carbonyl (C=O) groups excluding carboxylic acids is 2. The van der Waals surface area contributed by atoms with Gasteiger partial charge in [0.1, 0.15) is 12.6 Å². The minimum atomic E-state index is 0. The summed E-state index contributed by atoms with van der Waals surface area (Å²) in [7, 11) is 0. The van der Waals surface area contributed by atoms with Crippen LogP contribution in [0.5, 0.6) is 0 Å². The fourth-order valence-corrected chi connectivity index (χ4v) is 1.07. The lowest BCUT2D eigenvalue weighted by Crippen LogP contribution is -2.20. The molecule has 0 atom stereocenters. The Bertz CT molecular complexity index is 133. The second-order valence-corrected chi connectivity index (χ2v) is 3.12. The summed E-state index contributed by atoms with van der Waals surface area (Å²) in [5.74, 6) is 0. The van der Waals surface area contributed by atoms with Gasteiger partial charge in [-0.05, 0) is 25.9 Å². The number of nitrogens with one attached hydrogen (secondary N) is 2. The molecule has 0 aliphatic heterocycles. The van der Waals surface area contributed by atoms with E-state index in [0.29, 0.717) is 12.8 Å². The van der Waals surface area contributed by atoms with Crippen molar-refractivity contribution in [3.05, 3.63) is 0 Å². The number of hydrogen-bond donors (Lipinski definition) is 2. The van der Waals surface area contributed by atoms with Crippen molar-refractivity contribution in [2.24, 2.45) is 0 Å². The molecule has 6 heteroatoms. The Morgan fingerprint density at radius 1 is 0.688 bits per heavy atom. The summed E-state index contributed by atoms with van der Waals surface area (Å²) in [6, 6.07) is 0. The molecule has 0 aliphatic rings. The van der Waals surface area contributed by atoms with Crippen LogP contribution < -0.4 is 10.6 Å². The molecular formula is C10H22Cl2N2O2. The molecule has 0 fully saturated rings. The van der Waals surface area contributed by atoms with E-state index in [1.807, 2.05) is 0 Å². The number of unbranched alkanes of at least 4 members (excludes halogenated alkanes) is 1. The SMILES string of the molecule is Cl.Cl.O=CCCNCCCCNCCC=O. The van der Waals surface area contributed by atoms with Crippen LogP contribution in [0, 0.1) is 0 Å². The zero-order valence-corrected chi connectivity index (χ0v) is 11.1. The first-order valence-corrected chi connectivity index (χ1v) is 5.20. The van der Waals surface area contributed by atoms with Crippen molar-refractivity contribution in [1.29, 1.82) is 0 Å². The molecule has 0 heterocycles. The maximum Gasteiger partial charge on any atom is 0.121 e. The normalized spacial score (nSPS) is 8.75. The summed E-state index contributed by atoms with van der Waals surface area (Å²) in [4.78, 5) is 19.9. The molecule has 0 aromatic heterocycles. The second kappa shape index (κ2) is 20.3. The van der Waals surface area contributed by atoms with Crippen LogP contribution in [0.3, 0.4) is 0 Å². The number of hydrogen-bond acceptors (Lipinski definition) is 4. The molecule has 2 N–H and O–H groups in total. The van der Waals surface area contributed by atoms with Gasteiger partial charge in [-0.25, -0.2) is 0 Å². The lowest BCUT2D eigenvalue weighted by atomic mass is 10.3. The molecule has 0 aliphatic carbocycles. The maximum absolute atomic E-state index is 9.96. The molecule has 98 valence electrons. The predicted octanol–water partition coefficient (Wildman–Crippen LogP) is 0.967. The van der Waals surface area contributed by atoms with E-state index in [4.69, 9.17) is 0 Å². The lowest BCUT2D eigenvalue weighted by Gasteiger charge is -2.03. The second-order valence-electron chi connectivity index (χ2n) is 3.12. The van der Waals surface area contributed by atoms with Gasteiger partial charge in [0.25, 0.3) is 0 Å². The highest BCUT2D eigenvalue weighted by molar-refractivity contribution is 5.85. The van der Waals surface area contributed by atoms with E-state index in [2.05, 4.69) is 10.6 Å². The van der Waals surface area contributed by atoms with Gasteiger partial charge in [-0.15, -0.1) is 24.8 Å². The van der Waals surface area contributed by atoms with Crippen LogP contribution in [0.2, 0.25) is 0 Å². The van der Waals surface area contributed by atoms with Gasteiger partial charge in [0.2, 0.25) is 0 Å². The lowest BCUT2D eigenvalue weighted by molar-refractivity contribution is -0.108. The van der Waals surface area contributed by atoms with E-state index in [-0.39, 0.29) is 24.8 Å². The van der Waals surface area contributed by atoms with Crippen molar-refractivity contribution in [2.45, 2.75) is 25.7 Å². The van der Waals surface area contributed by atoms with E-state index in [9.17, 15) is 9.59 Å². The van der Waals surface area contributed by atoms with Crippen LogP contribution in [0.15, 0.2) is 0 Å². The van der Waals surface area contributed by atoms with Crippen LogP contribution in [0.25, 0.3) is 0 Å². The molecular weight excluding hydrogens is 251 g/mol. The van der Waals surface area contributed by atoms with E-state index >= 15 is 0 Å². The van der Waals surface area contributed by atoms with Crippen LogP contribution in [0.4, 0.5) is 0 Å². The van der Waals surface area contributed by atoms with E-state index < -0.39 is 0 Å². The summed E-state index contributed by atoms with van der Waals surface area (Å²) in [6.45, 7) is 3.48. The Balaban J connectivity index is -0.000000845. The maximum atomic E-state index is 9.96. The van der Waals surface area contributed by atoms with Crippen molar-refractivity contribution in [2.75, 3.05) is 26.2 Å². The van der Waals surface area contributed by atoms with Gasteiger partial charge >= 0.3 is 0 Å². The first kappa shape index (κ1) is 21.2. The van der Waals surface area contributed by atoms with Crippen LogP contribution in [-0.4, -0.2) is 38.8 Å². The molecule has 0 saturated carbocycles. The monoisotopic (exact) mass is 272 g/mol. The Morgan fingerprint density at radius 2 is 1.06 bits per heavy atom. The third-order valence-electron chi connectivity index (χ3n) is 1.84. The Kier molecular flexibility index (Phi) is 26.8. The summed E-state index contributed by atoms with van der Waals surface area (Å²) in [5, 5.41) is 6.35. The van der Waals surface area contributed by atoms with Crippen LogP contribution in [0.1, 0.15) is 25.7 Å². The third kappa shape index (κ3) is 19.4. The smallest absolute Gasteiger partial charge is 0.121 e. The fraction of sp³-hybridized carbons (Fsp3) is 0.800. The van der Waals surface area contributed by atoms with Gasteiger partial charge in [-0.3, -0.25) is 0 Å². The highest BCUT2D eigenvalue weighted by Gasteiger charge is 1.89. The summed E-state index contributed by atoms with van der Waals surface area (Å²) < 4.78 is 0. The molecule has 0 saturated heterocycles. The largest absolute Gasteiger partial charge is 0.316 e. The Labute approximate surface area is 110 Å². The van der Waals surface area contributed by atoms with Gasteiger partial charge in [0.05, 0.1) is 0 Å². The molecule has 0 unspecified atom stereocenters. The molecule has 0 rings (SSSR count). The standard InChI is InChI=1S/C10H20N2O2.2ClH/c13-9-3-7-11-5-1-2-6-12-8-4-10-14;;/h9-12H,1-8H2;2*1H. The Hall–Kier alpha value is -0.160. The van der Waals surface area contributed by atoms with Gasteiger partial charge in [0.15, 0.2) is 0 Å². The highest BCUT2D eigenvalue weighted by Crippen LogP contribution is 1.84. The minimum Gasteiger partial charge on any atom is -0.316 e. The quantitative estimate of drug-likeness (QED) is 0.435. The predicted molar refractivity (Wildman–Crippen MR) is 70.8 cm³/mol. The average Bonchev–Trinajstić information content (AvgIpc) is 2.21. The van der Waals surface area contributed by atoms with Crippen LogP contribution >= 0.6 is 24.8 Å². The first-order chi connectivity index (χ1) is 6.91. The van der Waals surface area contributed by atoms with Gasteiger partial charge < -0.3 is 20.2 Å². The van der Waals surface area contributed by atoms with Crippen molar-refractivity contribution in [3.63, 3.8) is 0 Å². The molecule has 0 amide bonds. The third-order valence-corrected chi connectivity index (χ3v) is 1.84. The van der Waals surface area contributed by atoms with Crippen LogP contribution in [-0.2, 0) is 9.59 Å². The first-order valence-electron chi connectivity index (χ1n) is 5.20. The molecule has 0 aromatic rings. The molecule has 0 bridgehead atoms. The molecule has 0 spiro atoms. The number of rotatable bonds is 11. The highest BCUT2D eigenvalue weighted by atomic mass is 35.5. The van der Waals surface area contributed by atoms with E-state index in [1.165, 1.54) is 0 Å².